The van der Waals surface area contributed by atoms with Crippen LogP contribution in [0.5, 0.6) is 0 Å². The van der Waals surface area contributed by atoms with E-state index in [1.807, 2.05) is 6.92 Å². The Morgan fingerprint density at radius 2 is 2.07 bits per heavy atom. The summed E-state index contributed by atoms with van der Waals surface area (Å²) in [6.45, 7) is 2.23. The highest BCUT2D eigenvalue weighted by molar-refractivity contribution is 5.76. The van der Waals surface area contributed by atoms with Gasteiger partial charge in [-0.15, -0.1) is 0 Å². The SMILES string of the molecule is CCCCOC(=O)CC(O)C(N)C(=O)O. The van der Waals surface area contributed by atoms with Gasteiger partial charge in [-0.1, -0.05) is 13.3 Å². The van der Waals surface area contributed by atoms with Gasteiger partial charge in [0.1, 0.15) is 6.04 Å². The van der Waals surface area contributed by atoms with Gasteiger partial charge in [0, 0.05) is 0 Å². The van der Waals surface area contributed by atoms with E-state index in [-0.39, 0.29) is 6.61 Å². The first kappa shape index (κ1) is 13.9. The molecule has 88 valence electrons. The number of aliphatic hydroxyl groups is 1. The van der Waals surface area contributed by atoms with Crippen LogP contribution >= 0.6 is 0 Å². The van der Waals surface area contributed by atoms with Gasteiger partial charge in [-0.05, 0) is 6.42 Å². The van der Waals surface area contributed by atoms with Crippen molar-refractivity contribution in [2.45, 2.75) is 38.3 Å². The first-order valence-corrected chi connectivity index (χ1v) is 4.81. The highest BCUT2D eigenvalue weighted by Gasteiger charge is 2.24. The van der Waals surface area contributed by atoms with Crippen molar-refractivity contribution in [2.75, 3.05) is 6.61 Å². The third kappa shape index (κ3) is 6.03. The summed E-state index contributed by atoms with van der Waals surface area (Å²) in [6.07, 6.45) is -0.161. The van der Waals surface area contributed by atoms with Crippen molar-refractivity contribution in [3.8, 4) is 0 Å². The Bertz CT molecular complexity index is 219. The molecule has 0 aromatic rings. The van der Waals surface area contributed by atoms with Crippen molar-refractivity contribution in [2.24, 2.45) is 5.73 Å². The van der Waals surface area contributed by atoms with Crippen LogP contribution in [0.25, 0.3) is 0 Å². The average molecular weight is 219 g/mol. The number of unbranched alkanes of at least 4 members (excludes halogenated alkanes) is 1. The number of carboxylic acids is 1. The topological polar surface area (TPSA) is 110 Å². The van der Waals surface area contributed by atoms with E-state index >= 15 is 0 Å². The molecule has 0 aliphatic heterocycles. The molecule has 0 radical (unpaired) electrons. The standard InChI is InChI=1S/C9H17NO5/c1-2-3-4-15-7(12)5-6(11)8(10)9(13)14/h6,8,11H,2-5,10H2,1H3,(H,13,14). The fourth-order valence-corrected chi connectivity index (χ4v) is 0.852. The van der Waals surface area contributed by atoms with Gasteiger partial charge >= 0.3 is 11.9 Å². The molecular weight excluding hydrogens is 202 g/mol. The molecule has 0 rings (SSSR count). The largest absolute Gasteiger partial charge is 0.480 e. The van der Waals surface area contributed by atoms with Gasteiger partial charge in [-0.2, -0.15) is 0 Å². The van der Waals surface area contributed by atoms with Crippen LogP contribution in [0.3, 0.4) is 0 Å². The summed E-state index contributed by atoms with van der Waals surface area (Å²) in [5.41, 5.74) is 5.11. The summed E-state index contributed by atoms with van der Waals surface area (Å²) in [5.74, 6) is -1.98. The number of carbonyl (C=O) groups excluding carboxylic acids is 1. The van der Waals surface area contributed by atoms with Crippen LogP contribution in [0.4, 0.5) is 0 Å². The van der Waals surface area contributed by atoms with Crippen molar-refractivity contribution in [3.63, 3.8) is 0 Å². The summed E-state index contributed by atoms with van der Waals surface area (Å²) in [5, 5.41) is 17.7. The number of rotatable bonds is 7. The smallest absolute Gasteiger partial charge is 0.323 e. The molecule has 15 heavy (non-hydrogen) atoms. The van der Waals surface area contributed by atoms with Crippen molar-refractivity contribution in [3.05, 3.63) is 0 Å². The molecule has 0 aromatic carbocycles. The van der Waals surface area contributed by atoms with Crippen LogP contribution in [-0.2, 0) is 14.3 Å². The highest BCUT2D eigenvalue weighted by atomic mass is 16.5. The first-order valence-electron chi connectivity index (χ1n) is 4.81. The Morgan fingerprint density at radius 3 is 2.53 bits per heavy atom. The van der Waals surface area contributed by atoms with E-state index in [0.717, 1.165) is 12.8 Å². The fourth-order valence-electron chi connectivity index (χ4n) is 0.852. The fraction of sp³-hybridized carbons (Fsp3) is 0.778. The zero-order valence-corrected chi connectivity index (χ0v) is 8.68. The Balaban J connectivity index is 3.80. The lowest BCUT2D eigenvalue weighted by atomic mass is 10.1. The molecule has 4 N–H and O–H groups in total. The number of nitrogens with two attached hydrogens (primary N) is 1. The van der Waals surface area contributed by atoms with Crippen LogP contribution in [0.2, 0.25) is 0 Å². The van der Waals surface area contributed by atoms with Crippen LogP contribution in [-0.4, -0.2) is 40.9 Å². The first-order chi connectivity index (χ1) is 6.99. The highest BCUT2D eigenvalue weighted by Crippen LogP contribution is 2.00. The molecule has 2 atom stereocenters. The Labute approximate surface area is 88.0 Å². The van der Waals surface area contributed by atoms with Crippen molar-refractivity contribution in [1.29, 1.82) is 0 Å². The van der Waals surface area contributed by atoms with E-state index in [0.29, 0.717) is 0 Å². The molecule has 6 heteroatoms. The van der Waals surface area contributed by atoms with Crippen LogP contribution in [0.1, 0.15) is 26.2 Å². The second-order valence-corrected chi connectivity index (χ2v) is 3.21. The lowest BCUT2D eigenvalue weighted by molar-refractivity contribution is -0.148. The summed E-state index contributed by atoms with van der Waals surface area (Å²) < 4.78 is 4.74. The third-order valence-electron chi connectivity index (χ3n) is 1.84. The van der Waals surface area contributed by atoms with Crippen molar-refractivity contribution < 1.29 is 24.5 Å². The van der Waals surface area contributed by atoms with Gasteiger partial charge < -0.3 is 20.7 Å². The van der Waals surface area contributed by atoms with E-state index in [1.54, 1.807) is 0 Å². The average Bonchev–Trinajstić information content (AvgIpc) is 2.16. The van der Waals surface area contributed by atoms with Crippen molar-refractivity contribution in [1.82, 2.24) is 0 Å². The number of carbonyl (C=O) groups is 2. The molecule has 2 unspecified atom stereocenters. The van der Waals surface area contributed by atoms with E-state index in [2.05, 4.69) is 0 Å². The molecule has 0 aromatic heterocycles. The number of aliphatic carboxylic acids is 1. The molecule has 0 saturated carbocycles. The summed E-state index contributed by atoms with van der Waals surface area (Å²) in [4.78, 5) is 21.4. The van der Waals surface area contributed by atoms with Crippen molar-refractivity contribution >= 4 is 11.9 Å². The molecular formula is C9H17NO5. The molecule has 0 aliphatic rings. The molecule has 0 amide bonds. The summed E-state index contributed by atoms with van der Waals surface area (Å²) >= 11 is 0. The Morgan fingerprint density at radius 1 is 1.47 bits per heavy atom. The van der Waals surface area contributed by atoms with Crippen LogP contribution in [0.15, 0.2) is 0 Å². The number of ether oxygens (including phenoxy) is 1. The third-order valence-corrected chi connectivity index (χ3v) is 1.84. The Kier molecular flexibility index (Phi) is 6.64. The van der Waals surface area contributed by atoms with Crippen LogP contribution < -0.4 is 5.73 Å². The van der Waals surface area contributed by atoms with Crippen LogP contribution in [0, 0.1) is 0 Å². The monoisotopic (exact) mass is 219 g/mol. The minimum absolute atomic E-state index is 0.282. The molecule has 0 bridgehead atoms. The normalized spacial score (nSPS) is 14.3. The lowest BCUT2D eigenvalue weighted by Crippen LogP contribution is -2.43. The van der Waals surface area contributed by atoms with E-state index in [1.165, 1.54) is 0 Å². The number of aliphatic hydroxyl groups excluding tert-OH is 1. The quantitative estimate of drug-likeness (QED) is 0.393. The predicted octanol–water partition coefficient (Wildman–Crippen LogP) is -0.507. The number of hydrogen-bond acceptors (Lipinski definition) is 5. The number of carboxylic acid groups (broad SMARTS) is 1. The minimum atomic E-state index is -1.45. The molecule has 0 fully saturated rings. The van der Waals surface area contributed by atoms with E-state index in [4.69, 9.17) is 15.6 Å². The zero-order chi connectivity index (χ0) is 11.8. The molecule has 0 saturated heterocycles. The van der Waals surface area contributed by atoms with Gasteiger partial charge in [0.05, 0.1) is 19.1 Å². The maximum absolute atomic E-state index is 11.0. The summed E-state index contributed by atoms with van der Waals surface area (Å²) in [6, 6.07) is -1.45. The maximum atomic E-state index is 11.0. The minimum Gasteiger partial charge on any atom is -0.480 e. The molecule has 0 heterocycles. The van der Waals surface area contributed by atoms with Gasteiger partial charge in [-0.3, -0.25) is 9.59 Å². The maximum Gasteiger partial charge on any atom is 0.323 e. The number of esters is 1. The van der Waals surface area contributed by atoms with Gasteiger partial charge in [0.25, 0.3) is 0 Å². The van der Waals surface area contributed by atoms with E-state index in [9.17, 15) is 14.7 Å². The van der Waals surface area contributed by atoms with Gasteiger partial charge in [0.2, 0.25) is 0 Å². The van der Waals surface area contributed by atoms with Gasteiger partial charge in [-0.25, -0.2) is 0 Å². The predicted molar refractivity (Wildman–Crippen MR) is 52.1 cm³/mol. The molecule has 0 aliphatic carbocycles. The second-order valence-electron chi connectivity index (χ2n) is 3.21. The lowest BCUT2D eigenvalue weighted by Gasteiger charge is -2.13. The second kappa shape index (κ2) is 7.19. The zero-order valence-electron chi connectivity index (χ0n) is 8.68. The molecule has 6 nitrogen and oxygen atoms in total. The van der Waals surface area contributed by atoms with Gasteiger partial charge in [0.15, 0.2) is 0 Å². The number of hydrogen-bond donors (Lipinski definition) is 3. The molecule has 0 spiro atoms. The summed E-state index contributed by atoms with van der Waals surface area (Å²) in [7, 11) is 0. The Hall–Kier alpha value is -1.14. The van der Waals surface area contributed by atoms with E-state index < -0.39 is 30.5 Å².